The van der Waals surface area contributed by atoms with Crippen molar-refractivity contribution >= 4 is 21.8 Å². The first-order chi connectivity index (χ1) is 22.9. The summed E-state index contributed by atoms with van der Waals surface area (Å²) in [5, 5.41) is 6.52. The van der Waals surface area contributed by atoms with E-state index in [1.54, 1.807) is 12.1 Å². The van der Waals surface area contributed by atoms with Gasteiger partial charge in [-0.2, -0.15) is 17.2 Å². The van der Waals surface area contributed by atoms with Gasteiger partial charge in [0.15, 0.2) is 0 Å². The number of rotatable bonds is 6. The summed E-state index contributed by atoms with van der Waals surface area (Å²) >= 11 is 0. The maximum Gasteiger partial charge on any atom is 2.00 e. The smallest absolute Gasteiger partial charge is 0.509 e. The average Bonchev–Trinajstić information content (AvgIpc) is 3.52. The minimum atomic E-state index is -2.23. The minimum Gasteiger partial charge on any atom is -0.509 e. The number of aromatic nitrogens is 4. The van der Waals surface area contributed by atoms with Crippen LogP contribution in [0.3, 0.4) is 0 Å². The first kappa shape index (κ1) is 27.8. The van der Waals surface area contributed by atoms with Crippen LogP contribution in [-0.4, -0.2) is 19.3 Å². The molecule has 3 aromatic heterocycles. The second-order valence-corrected chi connectivity index (χ2v) is 12.7. The largest absolute Gasteiger partial charge is 2.00 e. The number of nitrogens with zero attached hydrogens (tertiary/aromatic N) is 4. The molecule has 0 amide bonds. The van der Waals surface area contributed by atoms with Crippen molar-refractivity contribution in [2.45, 2.75) is 47.9 Å². The number of pyridine rings is 1. The van der Waals surface area contributed by atoms with Gasteiger partial charge in [0.25, 0.3) is 0 Å². The molecule has 4 aromatic carbocycles. The zero-order valence-corrected chi connectivity index (χ0v) is 28.7. The number of benzene rings is 4. The standard InChI is InChI=1S/C40H36N4O.Pt/c1-26-15-18-36-35(21-26)34-17-16-33(24-37(34)43(36)38-22-29(19-20-41-38)25-40(4,5)6)45-32-14-10-13-31(23-32)44-28(3)39(27(2)42-44)30-11-8-7-9-12-30;/h7-22H,25H2,1-6H3;/q-2;+2/i1D3;. The van der Waals surface area contributed by atoms with E-state index in [0.29, 0.717) is 11.5 Å². The molecule has 7 aromatic rings. The molecule has 0 fully saturated rings. The summed E-state index contributed by atoms with van der Waals surface area (Å²) in [5.41, 5.74) is 8.08. The van der Waals surface area contributed by atoms with Crippen LogP contribution in [0.4, 0.5) is 0 Å². The molecule has 0 aliphatic carbocycles. The second kappa shape index (κ2) is 12.4. The minimum absolute atomic E-state index is 0. The normalized spacial score (nSPS) is 12.8. The van der Waals surface area contributed by atoms with Gasteiger partial charge in [-0.25, -0.2) is 4.98 Å². The number of ether oxygens (including phenoxy) is 1. The van der Waals surface area contributed by atoms with E-state index in [2.05, 4.69) is 58.0 Å². The van der Waals surface area contributed by atoms with Gasteiger partial charge in [0.05, 0.1) is 5.69 Å². The van der Waals surface area contributed by atoms with Crippen molar-refractivity contribution in [2.75, 3.05) is 0 Å². The summed E-state index contributed by atoms with van der Waals surface area (Å²) < 4.78 is 34.4. The zero-order valence-electron chi connectivity index (χ0n) is 29.5. The number of hydrogen-bond donors (Lipinski definition) is 0. The topological polar surface area (TPSA) is 44.9 Å². The van der Waals surface area contributed by atoms with Crippen LogP contribution in [0.2, 0.25) is 0 Å². The molecule has 7 rings (SSSR count). The molecule has 232 valence electrons. The third-order valence-corrected chi connectivity index (χ3v) is 7.98. The van der Waals surface area contributed by atoms with Crippen molar-refractivity contribution in [1.29, 1.82) is 0 Å². The summed E-state index contributed by atoms with van der Waals surface area (Å²) in [4.78, 5) is 4.76. The van der Waals surface area contributed by atoms with E-state index in [1.165, 1.54) is 5.56 Å². The Kier molecular flexibility index (Phi) is 7.48. The van der Waals surface area contributed by atoms with E-state index >= 15 is 0 Å². The Bertz CT molecular complexity index is 2300. The van der Waals surface area contributed by atoms with Crippen LogP contribution in [0.1, 0.15) is 47.4 Å². The first-order valence-electron chi connectivity index (χ1n) is 16.6. The Morgan fingerprint density at radius 2 is 1.65 bits per heavy atom. The molecule has 0 spiro atoms. The molecular weight excluding hydrogens is 748 g/mol. The van der Waals surface area contributed by atoms with Gasteiger partial charge in [-0.15, -0.1) is 35.7 Å². The molecule has 0 N–H and O–H groups in total. The van der Waals surface area contributed by atoms with E-state index < -0.39 is 6.85 Å². The van der Waals surface area contributed by atoms with E-state index in [9.17, 15) is 0 Å². The molecule has 0 saturated heterocycles. The summed E-state index contributed by atoms with van der Waals surface area (Å²) in [6.45, 7) is 8.49. The van der Waals surface area contributed by atoms with Crippen molar-refractivity contribution in [3.05, 3.63) is 132 Å². The van der Waals surface area contributed by atoms with Gasteiger partial charge in [-0.1, -0.05) is 74.3 Å². The fourth-order valence-corrected chi connectivity index (χ4v) is 6.16. The monoisotopic (exact) mass is 786 g/mol. The predicted molar refractivity (Wildman–Crippen MR) is 183 cm³/mol. The fourth-order valence-electron chi connectivity index (χ4n) is 6.16. The molecule has 0 aliphatic rings. The maximum atomic E-state index is 8.02. The van der Waals surface area contributed by atoms with Gasteiger partial charge in [-0.3, -0.25) is 4.68 Å². The third-order valence-electron chi connectivity index (χ3n) is 7.98. The molecule has 0 aliphatic heterocycles. The van der Waals surface area contributed by atoms with Crippen molar-refractivity contribution < 1.29 is 29.9 Å². The van der Waals surface area contributed by atoms with Gasteiger partial charge in [-0.05, 0) is 72.9 Å². The van der Waals surface area contributed by atoms with Crippen molar-refractivity contribution in [2.24, 2.45) is 5.41 Å². The van der Waals surface area contributed by atoms with Crippen molar-refractivity contribution in [3.8, 4) is 34.1 Å². The van der Waals surface area contributed by atoms with Crippen LogP contribution in [0.5, 0.6) is 11.5 Å². The molecule has 0 radical (unpaired) electrons. The van der Waals surface area contributed by atoms with E-state index in [0.717, 1.165) is 62.2 Å². The number of aryl methyl sites for hydroxylation is 2. The van der Waals surface area contributed by atoms with E-state index in [4.69, 9.17) is 18.9 Å². The van der Waals surface area contributed by atoms with Crippen LogP contribution in [-0.2, 0) is 27.5 Å². The fraction of sp³-hybridized carbons (Fsp3) is 0.200. The van der Waals surface area contributed by atoms with Crippen LogP contribution in [0, 0.1) is 38.2 Å². The van der Waals surface area contributed by atoms with Gasteiger partial charge < -0.3 is 9.30 Å². The van der Waals surface area contributed by atoms with Crippen LogP contribution in [0.15, 0.2) is 97.2 Å². The maximum absolute atomic E-state index is 8.02. The molecule has 0 saturated carbocycles. The molecule has 5 nitrogen and oxygen atoms in total. The summed E-state index contributed by atoms with van der Waals surface area (Å²) in [6, 6.07) is 36.1. The molecule has 3 heterocycles. The average molecular weight is 787 g/mol. The SMILES string of the molecule is [2H]C([2H])([2H])c1ccc2c(c1)c1ccc(Oc3[c-]c(-n4nc(C)c(-c5ccccc5)c4C)ccc3)[c-]c1n2-c1cc(CC(C)(C)C)ccn1.[Pt+2]. The van der Waals surface area contributed by atoms with Gasteiger partial charge in [0.1, 0.15) is 5.82 Å². The zero-order chi connectivity index (χ0) is 33.8. The molecular formula is C40H36N4OPt. The Morgan fingerprint density at radius 3 is 2.43 bits per heavy atom. The quantitative estimate of drug-likeness (QED) is 0.158. The van der Waals surface area contributed by atoms with E-state index in [1.807, 2.05) is 83.0 Å². The van der Waals surface area contributed by atoms with E-state index in [-0.39, 0.29) is 32.0 Å². The summed E-state index contributed by atoms with van der Waals surface area (Å²) in [6.07, 6.45) is 2.71. The van der Waals surface area contributed by atoms with Crippen LogP contribution >= 0.6 is 0 Å². The van der Waals surface area contributed by atoms with Crippen LogP contribution < -0.4 is 4.74 Å². The summed E-state index contributed by atoms with van der Waals surface area (Å²) in [5.74, 6) is 1.76. The van der Waals surface area contributed by atoms with Gasteiger partial charge >= 0.3 is 21.1 Å². The van der Waals surface area contributed by atoms with Crippen molar-refractivity contribution in [1.82, 2.24) is 19.3 Å². The first-order valence-corrected chi connectivity index (χ1v) is 15.1. The van der Waals surface area contributed by atoms with Gasteiger partial charge in [0, 0.05) is 38.6 Å². The Hall–Kier alpha value is -4.47. The molecule has 0 bridgehead atoms. The van der Waals surface area contributed by atoms with Crippen molar-refractivity contribution in [3.63, 3.8) is 0 Å². The number of fused-ring (bicyclic) bond motifs is 3. The van der Waals surface area contributed by atoms with Crippen LogP contribution in [0.25, 0.3) is 44.4 Å². The molecule has 0 unspecified atom stereocenters. The molecule has 6 heteroatoms. The summed E-state index contributed by atoms with van der Waals surface area (Å²) in [7, 11) is 0. The second-order valence-electron chi connectivity index (χ2n) is 12.7. The molecule has 46 heavy (non-hydrogen) atoms. The third kappa shape index (κ3) is 6.04. The Labute approximate surface area is 289 Å². The Morgan fingerprint density at radius 1 is 0.848 bits per heavy atom. The Balaban J connectivity index is 0.00000417. The molecule has 0 atom stereocenters. The van der Waals surface area contributed by atoms with Gasteiger partial charge in [0.2, 0.25) is 0 Å². The number of hydrogen-bond acceptors (Lipinski definition) is 3. The predicted octanol–water partition coefficient (Wildman–Crippen LogP) is 9.94.